The molecule has 1 aliphatic rings. The van der Waals surface area contributed by atoms with Crippen LogP contribution in [0.5, 0.6) is 11.6 Å². The van der Waals surface area contributed by atoms with Gasteiger partial charge in [0.25, 0.3) is 5.56 Å². The molecule has 9 heteroatoms. The third kappa shape index (κ3) is 4.22. The predicted molar refractivity (Wildman–Crippen MR) is 121 cm³/mol. The highest BCUT2D eigenvalue weighted by atomic mass is 32.1. The van der Waals surface area contributed by atoms with Crippen molar-refractivity contribution in [2.45, 2.75) is 25.3 Å². The highest BCUT2D eigenvalue weighted by Gasteiger charge is 2.23. The zero-order chi connectivity index (χ0) is 21.8. The summed E-state index contributed by atoms with van der Waals surface area (Å²) in [6.45, 7) is 0.750. The number of benzene rings is 1. The van der Waals surface area contributed by atoms with E-state index in [4.69, 9.17) is 17.0 Å². The Kier molecular flexibility index (Phi) is 6.13. The topological polar surface area (TPSA) is 95.7 Å². The molecule has 1 atom stereocenters. The van der Waals surface area contributed by atoms with Crippen molar-refractivity contribution < 1.29 is 9.84 Å². The Balaban J connectivity index is 1.74. The van der Waals surface area contributed by atoms with Gasteiger partial charge < -0.3 is 9.84 Å². The Morgan fingerprint density at radius 1 is 1.29 bits per heavy atom. The summed E-state index contributed by atoms with van der Waals surface area (Å²) >= 11 is 5.30. The van der Waals surface area contributed by atoms with Crippen molar-refractivity contribution in [1.82, 2.24) is 19.5 Å². The first kappa shape index (κ1) is 20.8. The number of ether oxygens (including phenoxy) is 1. The number of para-hydroxylation sites is 2. The number of rotatable bonds is 5. The Labute approximate surface area is 184 Å². The number of aromatic nitrogens is 3. The van der Waals surface area contributed by atoms with Crippen molar-refractivity contribution in [3.05, 3.63) is 75.0 Å². The molecule has 0 radical (unpaired) electrons. The summed E-state index contributed by atoms with van der Waals surface area (Å²) in [7, 11) is 1.53. The molecule has 2 aromatic heterocycles. The number of hydrogen-bond acceptors (Lipinski definition) is 7. The molecule has 0 bridgehead atoms. The normalized spacial score (nSPS) is 16.5. The minimum atomic E-state index is -0.507. The first-order valence-corrected chi connectivity index (χ1v) is 10.4. The van der Waals surface area contributed by atoms with Crippen molar-refractivity contribution in [2.24, 2.45) is 5.10 Å². The van der Waals surface area contributed by atoms with Crippen LogP contribution < -0.4 is 10.3 Å². The lowest BCUT2D eigenvalue weighted by Gasteiger charge is -2.33. The van der Waals surface area contributed by atoms with Crippen molar-refractivity contribution in [3.63, 3.8) is 0 Å². The monoisotopic (exact) mass is 437 g/mol. The molecule has 0 saturated carbocycles. The minimum Gasteiger partial charge on any atom is -0.495 e. The molecule has 3 heterocycles. The van der Waals surface area contributed by atoms with Crippen LogP contribution in [-0.2, 0) is 0 Å². The average molecular weight is 438 g/mol. The van der Waals surface area contributed by atoms with Crippen LogP contribution in [0.1, 0.15) is 36.4 Å². The molecule has 1 unspecified atom stereocenters. The van der Waals surface area contributed by atoms with E-state index < -0.39 is 5.56 Å². The molecule has 1 saturated heterocycles. The summed E-state index contributed by atoms with van der Waals surface area (Å²) in [4.78, 5) is 19.4. The number of aromatic amines is 1. The first-order valence-electron chi connectivity index (χ1n) is 10.0. The molecule has 160 valence electrons. The summed E-state index contributed by atoms with van der Waals surface area (Å²) < 4.78 is 6.81. The Bertz CT molecular complexity index is 1210. The number of hydrazone groups is 1. The lowest BCUT2D eigenvalue weighted by molar-refractivity contribution is 0.156. The van der Waals surface area contributed by atoms with Crippen LogP contribution in [0, 0.1) is 4.77 Å². The van der Waals surface area contributed by atoms with Gasteiger partial charge in [-0.2, -0.15) is 5.10 Å². The first-order chi connectivity index (χ1) is 15.1. The van der Waals surface area contributed by atoms with Gasteiger partial charge in [0.15, 0.2) is 4.77 Å². The average Bonchev–Trinajstić information content (AvgIpc) is 2.80. The van der Waals surface area contributed by atoms with Gasteiger partial charge in [0, 0.05) is 18.9 Å². The maximum Gasteiger partial charge on any atom is 0.264 e. The number of nitrogens with zero attached hydrogens (tertiary/aromatic N) is 4. The third-order valence-corrected chi connectivity index (χ3v) is 5.61. The number of aromatic hydroxyl groups is 1. The van der Waals surface area contributed by atoms with Gasteiger partial charge in [-0.15, -0.1) is 0 Å². The molecule has 1 fully saturated rings. The van der Waals surface area contributed by atoms with Crippen LogP contribution in [0.4, 0.5) is 0 Å². The summed E-state index contributed by atoms with van der Waals surface area (Å²) in [5.74, 6) is 0.216. The van der Waals surface area contributed by atoms with Crippen LogP contribution in [0.25, 0.3) is 5.69 Å². The molecule has 1 aliphatic heterocycles. The van der Waals surface area contributed by atoms with E-state index in [2.05, 4.69) is 15.1 Å². The van der Waals surface area contributed by atoms with Gasteiger partial charge in [0.2, 0.25) is 5.88 Å². The van der Waals surface area contributed by atoms with E-state index >= 15 is 0 Å². The number of nitrogens with one attached hydrogen (secondary N) is 1. The molecule has 1 aromatic carbocycles. The zero-order valence-electron chi connectivity index (χ0n) is 17.1. The van der Waals surface area contributed by atoms with Gasteiger partial charge in [-0.05, 0) is 55.2 Å². The number of piperidine rings is 1. The zero-order valence-corrected chi connectivity index (χ0v) is 17.9. The van der Waals surface area contributed by atoms with Gasteiger partial charge in [0.05, 0.1) is 25.1 Å². The molecule has 0 spiro atoms. The number of hydrogen-bond donors (Lipinski definition) is 2. The Hall–Kier alpha value is -3.46. The number of H-pyrrole nitrogens is 1. The number of methoxy groups -OCH3 is 1. The second-order valence-corrected chi connectivity index (χ2v) is 7.60. The van der Waals surface area contributed by atoms with E-state index in [0.717, 1.165) is 31.4 Å². The summed E-state index contributed by atoms with van der Waals surface area (Å²) in [5.41, 5.74) is 1.11. The molecule has 4 rings (SSSR count). The van der Waals surface area contributed by atoms with Gasteiger partial charge in [-0.25, -0.2) is 0 Å². The SMILES string of the molecule is COc1ccccc1-n1c(O)c(/C=N/N2CCCCC2c2cccnc2)c(=O)[nH]c1=S. The molecular weight excluding hydrogens is 414 g/mol. The van der Waals surface area contributed by atoms with Gasteiger partial charge in [-0.3, -0.25) is 24.3 Å². The second kappa shape index (κ2) is 9.13. The van der Waals surface area contributed by atoms with Crippen molar-refractivity contribution in [2.75, 3.05) is 13.7 Å². The summed E-state index contributed by atoms with van der Waals surface area (Å²) in [6.07, 6.45) is 8.01. The molecular formula is C22H23N5O3S. The number of pyridine rings is 1. The molecule has 31 heavy (non-hydrogen) atoms. The Morgan fingerprint density at radius 3 is 2.90 bits per heavy atom. The van der Waals surface area contributed by atoms with E-state index in [-0.39, 0.29) is 22.3 Å². The van der Waals surface area contributed by atoms with Crippen LogP contribution in [0.2, 0.25) is 0 Å². The minimum absolute atomic E-state index is 0.0232. The summed E-state index contributed by atoms with van der Waals surface area (Å²) in [6, 6.07) is 11.1. The Morgan fingerprint density at radius 2 is 2.13 bits per heavy atom. The van der Waals surface area contributed by atoms with E-state index in [0.29, 0.717) is 11.4 Å². The molecule has 3 aromatic rings. The second-order valence-electron chi connectivity index (χ2n) is 7.21. The third-order valence-electron chi connectivity index (χ3n) is 5.33. The largest absolute Gasteiger partial charge is 0.495 e. The van der Waals surface area contributed by atoms with Crippen molar-refractivity contribution in [3.8, 4) is 17.3 Å². The molecule has 0 aliphatic carbocycles. The lowest BCUT2D eigenvalue weighted by Crippen LogP contribution is -2.29. The van der Waals surface area contributed by atoms with E-state index in [1.807, 2.05) is 29.4 Å². The van der Waals surface area contributed by atoms with Gasteiger partial charge in [0.1, 0.15) is 11.3 Å². The molecule has 2 N–H and O–H groups in total. The molecule has 8 nitrogen and oxygen atoms in total. The van der Waals surface area contributed by atoms with Crippen LogP contribution >= 0.6 is 12.2 Å². The quantitative estimate of drug-likeness (QED) is 0.468. The molecule has 0 amide bonds. The van der Waals surface area contributed by atoms with Gasteiger partial charge in [-0.1, -0.05) is 18.2 Å². The van der Waals surface area contributed by atoms with Crippen LogP contribution in [0.15, 0.2) is 58.7 Å². The highest BCUT2D eigenvalue weighted by Crippen LogP contribution is 2.31. The maximum absolute atomic E-state index is 12.6. The van der Waals surface area contributed by atoms with Crippen molar-refractivity contribution in [1.29, 1.82) is 0 Å². The van der Waals surface area contributed by atoms with Gasteiger partial charge >= 0.3 is 0 Å². The summed E-state index contributed by atoms with van der Waals surface area (Å²) in [5, 5.41) is 17.4. The standard InChI is InChI=1S/C22H23N5O3S/c1-30-19-10-3-2-9-18(19)27-21(29)16(20(28)25-22(27)31)14-24-26-12-5-4-8-17(26)15-7-6-11-23-13-15/h2-3,6-7,9-11,13-14,17,29H,4-5,8,12H2,1H3,(H,25,28,31)/b24-14+. The van der Waals surface area contributed by atoms with E-state index in [9.17, 15) is 9.90 Å². The van der Waals surface area contributed by atoms with E-state index in [1.54, 1.807) is 24.4 Å². The van der Waals surface area contributed by atoms with Crippen molar-refractivity contribution >= 4 is 18.4 Å². The fraction of sp³-hybridized carbons (Fsp3) is 0.273. The highest BCUT2D eigenvalue weighted by molar-refractivity contribution is 7.71. The smallest absolute Gasteiger partial charge is 0.264 e. The lowest BCUT2D eigenvalue weighted by atomic mass is 9.98. The fourth-order valence-electron chi connectivity index (χ4n) is 3.79. The maximum atomic E-state index is 12.6. The predicted octanol–water partition coefficient (Wildman–Crippen LogP) is 3.57. The fourth-order valence-corrected chi connectivity index (χ4v) is 4.07. The van der Waals surface area contributed by atoms with E-state index in [1.165, 1.54) is 17.9 Å². The van der Waals surface area contributed by atoms with Crippen LogP contribution in [-0.4, -0.2) is 44.5 Å². The van der Waals surface area contributed by atoms with Crippen LogP contribution in [0.3, 0.4) is 0 Å².